The van der Waals surface area contributed by atoms with Crippen LogP contribution in [-0.2, 0) is 4.74 Å². The number of ether oxygens (including phenoxy) is 1. The van der Waals surface area contributed by atoms with Gasteiger partial charge in [0.1, 0.15) is 0 Å². The summed E-state index contributed by atoms with van der Waals surface area (Å²) in [6.07, 6.45) is 8.49. The molecule has 1 rings (SSSR count). The minimum Gasteiger partial charge on any atom is -0.391 e. The van der Waals surface area contributed by atoms with E-state index in [1.165, 1.54) is 32.1 Å². The normalized spacial score (nSPS) is 22.6. The molecule has 1 fully saturated rings. The van der Waals surface area contributed by atoms with Gasteiger partial charge in [-0.2, -0.15) is 0 Å². The first-order valence-corrected chi connectivity index (χ1v) is 6.55. The Labute approximate surface area is 94.0 Å². The summed E-state index contributed by atoms with van der Waals surface area (Å²) in [4.78, 5) is 0. The first-order chi connectivity index (χ1) is 7.25. The van der Waals surface area contributed by atoms with Gasteiger partial charge in [-0.1, -0.05) is 32.6 Å². The average Bonchev–Trinajstić information content (AvgIpc) is 2.25. The number of hydrogen-bond donors (Lipinski definition) is 1. The molecule has 0 amide bonds. The van der Waals surface area contributed by atoms with E-state index in [9.17, 15) is 5.11 Å². The Bertz CT molecular complexity index is 151. The van der Waals surface area contributed by atoms with E-state index in [1.54, 1.807) is 0 Å². The van der Waals surface area contributed by atoms with Crippen LogP contribution in [0.2, 0.25) is 0 Å². The van der Waals surface area contributed by atoms with Crippen LogP contribution in [-0.4, -0.2) is 23.9 Å². The molecule has 90 valence electrons. The van der Waals surface area contributed by atoms with Crippen molar-refractivity contribution in [3.8, 4) is 0 Å². The standard InChI is InChI=1S/C13H26O2/c1-3-4-10-15-13(11(2)14)12-8-6-5-7-9-12/h11-14H,3-10H2,1-2H3. The Morgan fingerprint density at radius 3 is 2.47 bits per heavy atom. The van der Waals surface area contributed by atoms with Gasteiger partial charge in [-0.25, -0.2) is 0 Å². The zero-order valence-corrected chi connectivity index (χ0v) is 10.2. The zero-order chi connectivity index (χ0) is 11.1. The molecule has 1 saturated carbocycles. The number of aliphatic hydroxyl groups is 1. The van der Waals surface area contributed by atoms with Gasteiger partial charge < -0.3 is 9.84 Å². The van der Waals surface area contributed by atoms with Crippen LogP contribution in [0.3, 0.4) is 0 Å². The van der Waals surface area contributed by atoms with Crippen molar-refractivity contribution < 1.29 is 9.84 Å². The van der Waals surface area contributed by atoms with Crippen molar-refractivity contribution in [1.29, 1.82) is 0 Å². The molecule has 0 aliphatic heterocycles. The highest BCUT2D eigenvalue weighted by atomic mass is 16.5. The molecule has 0 aromatic heterocycles. The van der Waals surface area contributed by atoms with Crippen molar-refractivity contribution in [2.45, 2.75) is 71.0 Å². The van der Waals surface area contributed by atoms with E-state index in [4.69, 9.17) is 4.74 Å². The maximum absolute atomic E-state index is 9.74. The molecule has 0 heterocycles. The smallest absolute Gasteiger partial charge is 0.0859 e. The summed E-state index contributed by atoms with van der Waals surface area (Å²) in [7, 11) is 0. The molecule has 0 aromatic carbocycles. The molecular weight excluding hydrogens is 188 g/mol. The van der Waals surface area contributed by atoms with Gasteiger partial charge in [0.25, 0.3) is 0 Å². The van der Waals surface area contributed by atoms with Crippen molar-refractivity contribution in [1.82, 2.24) is 0 Å². The largest absolute Gasteiger partial charge is 0.391 e. The lowest BCUT2D eigenvalue weighted by molar-refractivity contribution is -0.0699. The molecule has 1 aliphatic carbocycles. The molecule has 15 heavy (non-hydrogen) atoms. The maximum atomic E-state index is 9.74. The number of unbranched alkanes of at least 4 members (excludes halogenated alkanes) is 1. The summed E-state index contributed by atoms with van der Waals surface area (Å²) in [6.45, 7) is 4.84. The molecule has 0 saturated heterocycles. The van der Waals surface area contributed by atoms with Crippen LogP contribution < -0.4 is 0 Å². The Kier molecular flexibility index (Phi) is 6.26. The highest BCUT2D eigenvalue weighted by molar-refractivity contribution is 4.78. The minimum atomic E-state index is -0.315. The van der Waals surface area contributed by atoms with Crippen LogP contribution in [0.1, 0.15) is 58.8 Å². The Hall–Kier alpha value is -0.0800. The monoisotopic (exact) mass is 214 g/mol. The van der Waals surface area contributed by atoms with E-state index >= 15 is 0 Å². The van der Waals surface area contributed by atoms with Crippen molar-refractivity contribution in [2.75, 3.05) is 6.61 Å². The lowest BCUT2D eigenvalue weighted by Gasteiger charge is -2.32. The molecule has 2 heteroatoms. The third kappa shape index (κ3) is 4.52. The van der Waals surface area contributed by atoms with Gasteiger partial charge in [0.05, 0.1) is 12.2 Å². The fourth-order valence-electron chi connectivity index (χ4n) is 2.50. The van der Waals surface area contributed by atoms with Gasteiger partial charge in [0, 0.05) is 6.61 Å². The van der Waals surface area contributed by atoms with Crippen LogP contribution in [0.15, 0.2) is 0 Å². The van der Waals surface area contributed by atoms with Gasteiger partial charge in [0.15, 0.2) is 0 Å². The molecule has 2 nitrogen and oxygen atoms in total. The van der Waals surface area contributed by atoms with Gasteiger partial charge in [-0.15, -0.1) is 0 Å². The van der Waals surface area contributed by atoms with Gasteiger partial charge in [-0.3, -0.25) is 0 Å². The second-order valence-electron chi connectivity index (χ2n) is 4.83. The molecule has 2 unspecified atom stereocenters. The van der Waals surface area contributed by atoms with E-state index in [0.717, 1.165) is 19.4 Å². The average molecular weight is 214 g/mol. The molecule has 0 radical (unpaired) electrons. The zero-order valence-electron chi connectivity index (χ0n) is 10.2. The van der Waals surface area contributed by atoms with Crippen molar-refractivity contribution in [2.24, 2.45) is 5.92 Å². The molecule has 1 N–H and O–H groups in total. The molecule has 2 atom stereocenters. The van der Waals surface area contributed by atoms with E-state index in [1.807, 2.05) is 6.92 Å². The minimum absolute atomic E-state index is 0.0804. The summed E-state index contributed by atoms with van der Waals surface area (Å²) < 4.78 is 5.83. The fraction of sp³-hybridized carbons (Fsp3) is 1.00. The highest BCUT2D eigenvalue weighted by Crippen LogP contribution is 2.29. The molecule has 0 aromatic rings. The summed E-state index contributed by atoms with van der Waals surface area (Å²) in [5, 5.41) is 9.74. The summed E-state index contributed by atoms with van der Waals surface area (Å²) >= 11 is 0. The van der Waals surface area contributed by atoms with Crippen LogP contribution in [0.4, 0.5) is 0 Å². The van der Waals surface area contributed by atoms with E-state index in [-0.39, 0.29) is 12.2 Å². The molecule has 0 spiro atoms. The van der Waals surface area contributed by atoms with Crippen LogP contribution in [0.25, 0.3) is 0 Å². The van der Waals surface area contributed by atoms with Crippen molar-refractivity contribution in [3.05, 3.63) is 0 Å². The number of aliphatic hydroxyl groups excluding tert-OH is 1. The van der Waals surface area contributed by atoms with Crippen molar-refractivity contribution >= 4 is 0 Å². The van der Waals surface area contributed by atoms with Gasteiger partial charge in [-0.05, 0) is 32.1 Å². The SMILES string of the molecule is CCCCOC(C(C)O)C1CCCCC1. The van der Waals surface area contributed by atoms with E-state index in [0.29, 0.717) is 5.92 Å². The second-order valence-corrected chi connectivity index (χ2v) is 4.83. The molecule has 0 bridgehead atoms. The predicted octanol–water partition coefficient (Wildman–Crippen LogP) is 3.13. The quantitative estimate of drug-likeness (QED) is 0.688. The molecular formula is C13H26O2. The summed E-state index contributed by atoms with van der Waals surface area (Å²) in [5.74, 6) is 0.593. The van der Waals surface area contributed by atoms with E-state index < -0.39 is 0 Å². The fourth-order valence-corrected chi connectivity index (χ4v) is 2.50. The summed E-state index contributed by atoms with van der Waals surface area (Å²) in [5.41, 5.74) is 0. The third-order valence-corrected chi connectivity index (χ3v) is 3.40. The maximum Gasteiger partial charge on any atom is 0.0859 e. The number of rotatable bonds is 6. The predicted molar refractivity (Wildman–Crippen MR) is 62.9 cm³/mol. The Balaban J connectivity index is 2.34. The van der Waals surface area contributed by atoms with Crippen LogP contribution in [0.5, 0.6) is 0 Å². The van der Waals surface area contributed by atoms with Gasteiger partial charge >= 0.3 is 0 Å². The van der Waals surface area contributed by atoms with Crippen molar-refractivity contribution in [3.63, 3.8) is 0 Å². The van der Waals surface area contributed by atoms with Gasteiger partial charge in [0.2, 0.25) is 0 Å². The van der Waals surface area contributed by atoms with Crippen LogP contribution >= 0.6 is 0 Å². The third-order valence-electron chi connectivity index (χ3n) is 3.40. The highest BCUT2D eigenvalue weighted by Gasteiger charge is 2.27. The first-order valence-electron chi connectivity index (χ1n) is 6.55. The Morgan fingerprint density at radius 1 is 1.27 bits per heavy atom. The Morgan fingerprint density at radius 2 is 1.93 bits per heavy atom. The summed E-state index contributed by atoms with van der Waals surface area (Å²) in [6, 6.07) is 0. The van der Waals surface area contributed by atoms with E-state index in [2.05, 4.69) is 6.92 Å². The lowest BCUT2D eigenvalue weighted by Crippen LogP contribution is -2.35. The second kappa shape index (κ2) is 7.24. The number of hydrogen-bond acceptors (Lipinski definition) is 2. The lowest BCUT2D eigenvalue weighted by atomic mass is 9.83. The topological polar surface area (TPSA) is 29.5 Å². The van der Waals surface area contributed by atoms with Crippen LogP contribution in [0, 0.1) is 5.92 Å². The molecule has 1 aliphatic rings. The first kappa shape index (κ1) is 13.0.